The van der Waals surface area contributed by atoms with Crippen LogP contribution in [0.3, 0.4) is 0 Å². The molecule has 1 heterocycles. The number of carboxylic acid groups (broad SMARTS) is 1. The van der Waals surface area contributed by atoms with Gasteiger partial charge in [-0.1, -0.05) is 36.4 Å². The summed E-state index contributed by atoms with van der Waals surface area (Å²) >= 11 is 0. The second-order valence-corrected chi connectivity index (χ2v) is 9.46. The Morgan fingerprint density at radius 2 is 1.90 bits per heavy atom. The lowest BCUT2D eigenvalue weighted by molar-refractivity contribution is -0.136. The van der Waals surface area contributed by atoms with Gasteiger partial charge in [-0.3, -0.25) is 9.10 Å². The molecule has 1 aliphatic heterocycles. The zero-order valence-corrected chi connectivity index (χ0v) is 16.7. The van der Waals surface area contributed by atoms with Crippen molar-refractivity contribution >= 4 is 21.7 Å². The van der Waals surface area contributed by atoms with Crippen molar-refractivity contribution in [3.63, 3.8) is 0 Å². The van der Waals surface area contributed by atoms with Crippen LogP contribution < -0.4 is 9.04 Å². The lowest BCUT2D eigenvalue weighted by Gasteiger charge is -2.34. The van der Waals surface area contributed by atoms with Crippen LogP contribution in [0, 0.1) is 0 Å². The molecule has 2 aliphatic rings. The number of anilines is 1. The van der Waals surface area contributed by atoms with Crippen molar-refractivity contribution in [2.24, 2.45) is 0 Å². The number of carboxylic acids is 1. The number of ether oxygens (including phenoxy) is 1. The highest BCUT2D eigenvalue weighted by atomic mass is 32.2. The summed E-state index contributed by atoms with van der Waals surface area (Å²) in [7, 11) is -3.67. The average Bonchev–Trinajstić information content (AvgIpc) is 3.16. The summed E-state index contributed by atoms with van der Waals surface area (Å²) in [6.45, 7) is 0. The highest BCUT2D eigenvalue weighted by molar-refractivity contribution is 7.92. The first-order chi connectivity index (χ1) is 13.8. The predicted molar refractivity (Wildman–Crippen MR) is 108 cm³/mol. The highest BCUT2D eigenvalue weighted by Gasteiger charge is 2.54. The van der Waals surface area contributed by atoms with Crippen molar-refractivity contribution in [1.29, 1.82) is 0 Å². The fraction of sp³-hybridized carbons (Fsp3) is 0.381. The second kappa shape index (κ2) is 7.35. The number of aliphatic hydroxyl groups is 1. The third kappa shape index (κ3) is 3.58. The summed E-state index contributed by atoms with van der Waals surface area (Å²) in [5.41, 5.74) is 2.11. The van der Waals surface area contributed by atoms with Crippen LogP contribution in [0.4, 0.5) is 5.69 Å². The maximum atomic E-state index is 12.7. The first-order valence-electron chi connectivity index (χ1n) is 9.50. The number of rotatable bonds is 6. The number of aryl methyl sites for hydroxylation is 1. The van der Waals surface area contributed by atoms with Crippen molar-refractivity contribution in [2.75, 3.05) is 10.6 Å². The molecule has 1 aliphatic carbocycles. The molecule has 2 aromatic carbocycles. The van der Waals surface area contributed by atoms with Crippen LogP contribution in [0.5, 0.6) is 5.75 Å². The quantitative estimate of drug-likeness (QED) is 0.746. The minimum atomic E-state index is -3.67. The monoisotopic (exact) mass is 417 g/mol. The first kappa shape index (κ1) is 19.7. The highest BCUT2D eigenvalue weighted by Crippen LogP contribution is 2.51. The van der Waals surface area contributed by atoms with E-state index in [9.17, 15) is 18.3 Å². The Labute approximate surface area is 169 Å². The Bertz CT molecular complexity index is 1020. The second-order valence-electron chi connectivity index (χ2n) is 7.60. The van der Waals surface area contributed by atoms with Gasteiger partial charge < -0.3 is 14.9 Å². The zero-order valence-electron chi connectivity index (χ0n) is 15.9. The van der Waals surface area contributed by atoms with Crippen LogP contribution in [0.25, 0.3) is 0 Å². The van der Waals surface area contributed by atoms with Gasteiger partial charge in [0.25, 0.3) is 0 Å². The normalized spacial score (nSPS) is 25.2. The van der Waals surface area contributed by atoms with E-state index in [1.807, 2.05) is 18.2 Å². The molecule has 0 aromatic heterocycles. The molecular formula is C21H23NO6S. The summed E-state index contributed by atoms with van der Waals surface area (Å²) in [5.74, 6) is -0.594. The molecule has 1 saturated carbocycles. The van der Waals surface area contributed by atoms with E-state index in [1.165, 1.54) is 4.31 Å². The summed E-state index contributed by atoms with van der Waals surface area (Å²) in [4.78, 5) is 11.0. The molecule has 7 nitrogen and oxygen atoms in total. The summed E-state index contributed by atoms with van der Waals surface area (Å²) in [5, 5.41) is 19.8. The molecule has 4 unspecified atom stereocenters. The molecule has 2 N–H and O–H groups in total. The molecule has 2 aromatic rings. The number of hydrogen-bond acceptors (Lipinski definition) is 5. The number of para-hydroxylation sites is 2. The maximum absolute atomic E-state index is 12.7. The number of benzene rings is 2. The number of aliphatic carboxylic acids is 1. The minimum Gasteiger partial charge on any atom is -0.489 e. The molecule has 4 atom stereocenters. The van der Waals surface area contributed by atoms with E-state index >= 15 is 0 Å². The first-order valence-corrected chi connectivity index (χ1v) is 11.3. The Morgan fingerprint density at radius 3 is 2.55 bits per heavy atom. The van der Waals surface area contributed by atoms with Gasteiger partial charge in [0.05, 0.1) is 24.1 Å². The summed E-state index contributed by atoms with van der Waals surface area (Å²) in [6.07, 6.45) is 0.529. The van der Waals surface area contributed by atoms with Gasteiger partial charge in [0.1, 0.15) is 11.9 Å². The number of fused-ring (bicyclic) bond motifs is 3. The van der Waals surface area contributed by atoms with Crippen LogP contribution in [-0.2, 0) is 21.2 Å². The molecule has 4 rings (SSSR count). The van der Waals surface area contributed by atoms with Crippen LogP contribution in [0.2, 0.25) is 0 Å². The molecule has 0 radical (unpaired) electrons. The van der Waals surface area contributed by atoms with Gasteiger partial charge in [0, 0.05) is 24.3 Å². The topological polar surface area (TPSA) is 104 Å². The van der Waals surface area contributed by atoms with Gasteiger partial charge in [0.2, 0.25) is 10.0 Å². The Balaban J connectivity index is 1.76. The lowest BCUT2D eigenvalue weighted by atomic mass is 9.91. The largest absolute Gasteiger partial charge is 0.489 e. The van der Waals surface area contributed by atoms with Gasteiger partial charge in [-0.15, -0.1) is 0 Å². The Kier molecular flexibility index (Phi) is 5.00. The van der Waals surface area contributed by atoms with Crippen LogP contribution in [0.1, 0.15) is 29.9 Å². The van der Waals surface area contributed by atoms with Crippen molar-refractivity contribution in [1.82, 2.24) is 0 Å². The summed E-state index contributed by atoms with van der Waals surface area (Å²) < 4.78 is 32.9. The van der Waals surface area contributed by atoms with E-state index in [0.717, 1.165) is 17.4 Å². The van der Waals surface area contributed by atoms with E-state index in [1.54, 1.807) is 30.3 Å². The third-order valence-electron chi connectivity index (χ3n) is 5.64. The number of hydrogen-bond donors (Lipinski definition) is 2. The van der Waals surface area contributed by atoms with Crippen molar-refractivity contribution in [2.45, 2.75) is 43.4 Å². The molecule has 8 heteroatoms. The van der Waals surface area contributed by atoms with Crippen molar-refractivity contribution in [3.05, 3.63) is 59.7 Å². The van der Waals surface area contributed by atoms with Gasteiger partial charge >= 0.3 is 5.97 Å². The summed E-state index contributed by atoms with van der Waals surface area (Å²) in [6, 6.07) is 13.6. The van der Waals surface area contributed by atoms with E-state index < -0.39 is 28.1 Å². The number of carbonyl (C=O) groups is 1. The number of sulfonamides is 1. The van der Waals surface area contributed by atoms with E-state index in [4.69, 9.17) is 9.84 Å². The van der Waals surface area contributed by atoms with Crippen molar-refractivity contribution in [3.8, 4) is 5.75 Å². The molecule has 29 heavy (non-hydrogen) atoms. The number of nitrogens with zero attached hydrogens (tertiary/aromatic N) is 1. The molecule has 154 valence electrons. The smallest absolute Gasteiger partial charge is 0.303 e. The maximum Gasteiger partial charge on any atom is 0.303 e. The van der Waals surface area contributed by atoms with Crippen LogP contribution in [-0.4, -0.2) is 49.1 Å². The van der Waals surface area contributed by atoms with Gasteiger partial charge in [-0.25, -0.2) is 8.42 Å². The average molecular weight is 417 g/mol. The Hall–Kier alpha value is -2.58. The molecule has 0 amide bonds. The van der Waals surface area contributed by atoms with E-state index in [-0.39, 0.29) is 18.4 Å². The molecule has 0 bridgehead atoms. The standard InChI is InChI=1S/C21H23NO6S/c1-29(26,27)22(14-7-3-2-4-8-14)20-16(23)12-17-19(20)15-9-5-6-13(21(15)28-17)10-11-18(24)25/h2-9,16-17,19-20,23H,10-12H2,1H3,(H,24,25). The third-order valence-corrected chi connectivity index (χ3v) is 6.81. The van der Waals surface area contributed by atoms with E-state index in [2.05, 4.69) is 0 Å². The SMILES string of the molecule is CS(=O)(=O)N(c1ccccc1)C1C(O)CC2Oc3c(CCC(=O)O)cccc3C21. The van der Waals surface area contributed by atoms with Gasteiger partial charge in [0.15, 0.2) is 0 Å². The zero-order chi connectivity index (χ0) is 20.8. The lowest BCUT2D eigenvalue weighted by Crippen LogP contribution is -2.47. The van der Waals surface area contributed by atoms with Gasteiger partial charge in [-0.05, 0) is 24.1 Å². The fourth-order valence-electron chi connectivity index (χ4n) is 4.55. The van der Waals surface area contributed by atoms with Gasteiger partial charge in [-0.2, -0.15) is 0 Å². The molecule has 0 spiro atoms. The number of aliphatic hydroxyl groups excluding tert-OH is 1. The fourth-order valence-corrected chi connectivity index (χ4v) is 5.77. The molecule has 0 saturated heterocycles. The van der Waals surface area contributed by atoms with Crippen molar-refractivity contribution < 1.29 is 28.2 Å². The molecule has 1 fully saturated rings. The minimum absolute atomic E-state index is 0.0132. The van der Waals surface area contributed by atoms with Crippen LogP contribution in [0.15, 0.2) is 48.5 Å². The van der Waals surface area contributed by atoms with Crippen LogP contribution >= 0.6 is 0 Å². The molecular weight excluding hydrogens is 394 g/mol. The Morgan fingerprint density at radius 1 is 1.17 bits per heavy atom. The van der Waals surface area contributed by atoms with E-state index in [0.29, 0.717) is 24.3 Å². The predicted octanol–water partition coefficient (Wildman–Crippen LogP) is 2.15.